The first-order chi connectivity index (χ1) is 7.59. The SMILES string of the molecule is Cc1nc(N2CCCC2)[nH]c(=O)c1C(C)C. The minimum Gasteiger partial charge on any atom is -0.342 e. The van der Waals surface area contributed by atoms with Gasteiger partial charge in [0.05, 0.1) is 5.69 Å². The third-order valence-corrected chi connectivity index (χ3v) is 3.12. The van der Waals surface area contributed by atoms with Gasteiger partial charge in [0.1, 0.15) is 0 Å². The second-order valence-electron chi connectivity index (χ2n) is 4.74. The van der Waals surface area contributed by atoms with Gasteiger partial charge in [-0.3, -0.25) is 9.78 Å². The average molecular weight is 221 g/mol. The molecule has 0 saturated carbocycles. The average Bonchev–Trinajstić information content (AvgIpc) is 2.67. The van der Waals surface area contributed by atoms with Crippen molar-refractivity contribution < 1.29 is 0 Å². The summed E-state index contributed by atoms with van der Waals surface area (Å²) in [5, 5.41) is 0. The van der Waals surface area contributed by atoms with Crippen LogP contribution in [0, 0.1) is 6.92 Å². The molecular formula is C12H19N3O. The van der Waals surface area contributed by atoms with Gasteiger partial charge in [-0.15, -0.1) is 0 Å². The van der Waals surface area contributed by atoms with Gasteiger partial charge >= 0.3 is 0 Å². The highest BCUT2D eigenvalue weighted by Gasteiger charge is 2.17. The molecule has 0 unspecified atom stereocenters. The van der Waals surface area contributed by atoms with Crippen LogP contribution in [0.4, 0.5) is 5.95 Å². The van der Waals surface area contributed by atoms with E-state index in [0.717, 1.165) is 30.3 Å². The summed E-state index contributed by atoms with van der Waals surface area (Å²) in [6.45, 7) is 7.97. The minimum atomic E-state index is 0.0180. The van der Waals surface area contributed by atoms with Gasteiger partial charge in [-0.1, -0.05) is 13.8 Å². The van der Waals surface area contributed by atoms with E-state index < -0.39 is 0 Å². The van der Waals surface area contributed by atoms with Crippen LogP contribution < -0.4 is 10.5 Å². The maximum Gasteiger partial charge on any atom is 0.255 e. The molecule has 1 aromatic heterocycles. The number of hydrogen-bond acceptors (Lipinski definition) is 3. The van der Waals surface area contributed by atoms with E-state index in [4.69, 9.17) is 0 Å². The lowest BCUT2D eigenvalue weighted by Gasteiger charge is -2.17. The number of hydrogen-bond donors (Lipinski definition) is 1. The minimum absolute atomic E-state index is 0.0180. The highest BCUT2D eigenvalue weighted by atomic mass is 16.1. The summed E-state index contributed by atoms with van der Waals surface area (Å²) in [5.41, 5.74) is 1.69. The summed E-state index contributed by atoms with van der Waals surface area (Å²) in [5.74, 6) is 0.966. The Balaban J connectivity index is 2.40. The van der Waals surface area contributed by atoms with Crippen molar-refractivity contribution in [3.8, 4) is 0 Å². The molecule has 1 fully saturated rings. The maximum atomic E-state index is 11.9. The first-order valence-corrected chi connectivity index (χ1v) is 5.95. The van der Waals surface area contributed by atoms with Crippen molar-refractivity contribution in [1.29, 1.82) is 0 Å². The number of nitrogens with one attached hydrogen (secondary N) is 1. The number of anilines is 1. The summed E-state index contributed by atoms with van der Waals surface area (Å²) in [6.07, 6.45) is 2.38. The van der Waals surface area contributed by atoms with E-state index in [0.29, 0.717) is 0 Å². The van der Waals surface area contributed by atoms with Gasteiger partial charge in [-0.25, -0.2) is 4.98 Å². The largest absolute Gasteiger partial charge is 0.342 e. The Morgan fingerprint density at radius 2 is 1.94 bits per heavy atom. The fourth-order valence-electron chi connectivity index (χ4n) is 2.34. The zero-order valence-electron chi connectivity index (χ0n) is 10.2. The number of nitrogens with zero attached hydrogens (tertiary/aromatic N) is 2. The Labute approximate surface area is 95.7 Å². The fourth-order valence-corrected chi connectivity index (χ4v) is 2.34. The Morgan fingerprint density at radius 3 is 2.44 bits per heavy atom. The molecule has 0 spiro atoms. The maximum absolute atomic E-state index is 11.9. The number of H-pyrrole nitrogens is 1. The van der Waals surface area contributed by atoms with Crippen LogP contribution in [0.15, 0.2) is 4.79 Å². The molecule has 2 heterocycles. The highest BCUT2D eigenvalue weighted by Crippen LogP contribution is 2.18. The normalized spacial score (nSPS) is 16.1. The van der Waals surface area contributed by atoms with Crippen molar-refractivity contribution in [3.63, 3.8) is 0 Å². The topological polar surface area (TPSA) is 49.0 Å². The van der Waals surface area contributed by atoms with Crippen LogP contribution in [0.2, 0.25) is 0 Å². The van der Waals surface area contributed by atoms with E-state index in [-0.39, 0.29) is 11.5 Å². The molecule has 0 aliphatic carbocycles. The third-order valence-electron chi connectivity index (χ3n) is 3.12. The van der Waals surface area contributed by atoms with Crippen molar-refractivity contribution in [3.05, 3.63) is 21.6 Å². The lowest BCUT2D eigenvalue weighted by molar-refractivity contribution is 0.795. The molecule has 2 rings (SSSR count). The van der Waals surface area contributed by atoms with Gasteiger partial charge in [0, 0.05) is 18.7 Å². The number of aryl methyl sites for hydroxylation is 1. The zero-order chi connectivity index (χ0) is 11.7. The molecule has 1 aliphatic rings. The zero-order valence-corrected chi connectivity index (χ0v) is 10.2. The Kier molecular flexibility index (Phi) is 2.99. The third kappa shape index (κ3) is 1.96. The van der Waals surface area contributed by atoms with Crippen LogP contribution in [0.3, 0.4) is 0 Å². The van der Waals surface area contributed by atoms with Gasteiger partial charge in [0.2, 0.25) is 5.95 Å². The number of rotatable bonds is 2. The number of aromatic nitrogens is 2. The molecule has 1 aliphatic heterocycles. The van der Waals surface area contributed by atoms with Crippen LogP contribution in [0.5, 0.6) is 0 Å². The van der Waals surface area contributed by atoms with E-state index in [1.54, 1.807) is 0 Å². The lowest BCUT2D eigenvalue weighted by Crippen LogP contribution is -2.26. The molecule has 0 bridgehead atoms. The van der Waals surface area contributed by atoms with Gasteiger partial charge in [-0.2, -0.15) is 0 Å². The summed E-state index contributed by atoms with van der Waals surface area (Å²) < 4.78 is 0. The van der Waals surface area contributed by atoms with Crippen LogP contribution in [0.1, 0.15) is 43.9 Å². The predicted molar refractivity (Wildman–Crippen MR) is 65.1 cm³/mol. The molecule has 0 amide bonds. The quantitative estimate of drug-likeness (QED) is 0.828. The van der Waals surface area contributed by atoms with Gasteiger partial charge in [0.25, 0.3) is 5.56 Å². The first kappa shape index (κ1) is 11.2. The summed E-state index contributed by atoms with van der Waals surface area (Å²) in [6, 6.07) is 0. The monoisotopic (exact) mass is 221 g/mol. The molecule has 4 nitrogen and oxygen atoms in total. The van der Waals surface area contributed by atoms with Crippen molar-refractivity contribution in [2.75, 3.05) is 18.0 Å². The Morgan fingerprint density at radius 1 is 1.31 bits per heavy atom. The van der Waals surface area contributed by atoms with E-state index in [2.05, 4.69) is 14.9 Å². The van der Waals surface area contributed by atoms with Crippen LogP contribution >= 0.6 is 0 Å². The van der Waals surface area contributed by atoms with Crippen molar-refractivity contribution >= 4 is 5.95 Å². The predicted octanol–water partition coefficient (Wildman–Crippen LogP) is 1.80. The van der Waals surface area contributed by atoms with E-state index in [9.17, 15) is 4.79 Å². The molecule has 0 atom stereocenters. The Hall–Kier alpha value is -1.32. The molecule has 0 aromatic carbocycles. The Bertz CT molecular complexity index is 430. The highest BCUT2D eigenvalue weighted by molar-refractivity contribution is 5.34. The second kappa shape index (κ2) is 4.28. The first-order valence-electron chi connectivity index (χ1n) is 5.95. The van der Waals surface area contributed by atoms with Crippen molar-refractivity contribution in [1.82, 2.24) is 9.97 Å². The molecule has 4 heteroatoms. The smallest absolute Gasteiger partial charge is 0.255 e. The second-order valence-corrected chi connectivity index (χ2v) is 4.74. The lowest BCUT2D eigenvalue weighted by atomic mass is 10.0. The number of aromatic amines is 1. The van der Waals surface area contributed by atoms with Crippen LogP contribution in [-0.2, 0) is 0 Å². The van der Waals surface area contributed by atoms with E-state index in [1.807, 2.05) is 20.8 Å². The van der Waals surface area contributed by atoms with Crippen LogP contribution in [-0.4, -0.2) is 23.1 Å². The van der Waals surface area contributed by atoms with Gasteiger partial charge in [-0.05, 0) is 25.7 Å². The molecular weight excluding hydrogens is 202 g/mol. The standard InChI is InChI=1S/C12H19N3O/c1-8(2)10-9(3)13-12(14-11(10)16)15-6-4-5-7-15/h8H,4-7H2,1-3H3,(H,13,14,16). The van der Waals surface area contributed by atoms with E-state index >= 15 is 0 Å². The summed E-state index contributed by atoms with van der Waals surface area (Å²) in [4.78, 5) is 21.5. The van der Waals surface area contributed by atoms with Crippen molar-refractivity contribution in [2.45, 2.75) is 39.5 Å². The summed E-state index contributed by atoms with van der Waals surface area (Å²) >= 11 is 0. The van der Waals surface area contributed by atoms with E-state index in [1.165, 1.54) is 12.8 Å². The molecule has 88 valence electrons. The molecule has 16 heavy (non-hydrogen) atoms. The molecule has 0 radical (unpaired) electrons. The summed E-state index contributed by atoms with van der Waals surface area (Å²) in [7, 11) is 0. The van der Waals surface area contributed by atoms with Gasteiger partial charge < -0.3 is 4.90 Å². The van der Waals surface area contributed by atoms with Crippen LogP contribution in [0.25, 0.3) is 0 Å². The van der Waals surface area contributed by atoms with Crippen molar-refractivity contribution in [2.24, 2.45) is 0 Å². The molecule has 1 aromatic rings. The molecule has 1 N–H and O–H groups in total. The molecule has 1 saturated heterocycles. The fraction of sp³-hybridized carbons (Fsp3) is 0.667. The van der Waals surface area contributed by atoms with Gasteiger partial charge in [0.15, 0.2) is 0 Å².